The van der Waals surface area contributed by atoms with E-state index in [0.29, 0.717) is 17.1 Å². The summed E-state index contributed by atoms with van der Waals surface area (Å²) < 4.78 is 0. The Balaban J connectivity index is 2.64. The summed E-state index contributed by atoms with van der Waals surface area (Å²) in [5.74, 6) is 0. The molecule has 1 amide bonds. The first-order valence-corrected chi connectivity index (χ1v) is 5.58. The lowest BCUT2D eigenvalue weighted by atomic mass is 10.2. The lowest BCUT2D eigenvalue weighted by molar-refractivity contribution is -0.220. The highest BCUT2D eigenvalue weighted by Gasteiger charge is 2.17. The molecule has 0 aliphatic carbocycles. The molecule has 0 aromatic carbocycles. The zero-order valence-corrected chi connectivity index (χ0v) is 10.2. The number of aromatic nitrogens is 1. The van der Waals surface area contributed by atoms with Crippen LogP contribution in [-0.2, 0) is 16.2 Å². The molecule has 1 heterocycles. The Morgan fingerprint density at radius 3 is 2.81 bits per heavy atom. The highest BCUT2D eigenvalue weighted by Crippen LogP contribution is 2.15. The lowest BCUT2D eigenvalue weighted by Gasteiger charge is -2.25. The van der Waals surface area contributed by atoms with Crippen LogP contribution in [-0.4, -0.2) is 22.1 Å². The summed E-state index contributed by atoms with van der Waals surface area (Å²) in [6, 6.07) is 1.94. The topological polar surface area (TPSA) is 66.2 Å². The number of nitrogens with zero attached hydrogens (tertiary/aromatic N) is 3. The number of hydroxylamine groups is 2. The average Bonchev–Trinajstić information content (AvgIpc) is 2.62. The van der Waals surface area contributed by atoms with Gasteiger partial charge in [-0.1, -0.05) is 0 Å². The summed E-state index contributed by atoms with van der Waals surface area (Å²) in [6.45, 7) is 5.82. The van der Waals surface area contributed by atoms with Crippen molar-refractivity contribution in [2.24, 2.45) is 0 Å². The van der Waals surface area contributed by atoms with Gasteiger partial charge in [0.15, 0.2) is 5.69 Å². The number of rotatable bonds is 4. The molecule has 0 aliphatic rings. The highest BCUT2D eigenvalue weighted by molar-refractivity contribution is 7.09. The molecule has 0 bridgehead atoms. The van der Waals surface area contributed by atoms with Crippen LogP contribution in [0.15, 0.2) is 5.38 Å². The minimum Gasteiger partial charge on any atom is -0.276 e. The van der Waals surface area contributed by atoms with E-state index in [9.17, 15) is 4.79 Å². The third-order valence-corrected chi connectivity index (χ3v) is 2.30. The van der Waals surface area contributed by atoms with Crippen molar-refractivity contribution in [2.75, 3.05) is 0 Å². The van der Waals surface area contributed by atoms with Crippen LogP contribution in [0.25, 0.3) is 0 Å². The normalized spacial score (nSPS) is 10.9. The van der Waals surface area contributed by atoms with Crippen molar-refractivity contribution in [3.63, 3.8) is 0 Å². The van der Waals surface area contributed by atoms with Gasteiger partial charge >= 0.3 is 0 Å². The van der Waals surface area contributed by atoms with Crippen molar-refractivity contribution in [1.29, 1.82) is 5.26 Å². The fourth-order valence-corrected chi connectivity index (χ4v) is 1.72. The highest BCUT2D eigenvalue weighted by atomic mass is 32.1. The van der Waals surface area contributed by atoms with E-state index in [4.69, 9.17) is 10.1 Å². The summed E-state index contributed by atoms with van der Waals surface area (Å²) in [4.78, 5) is 20.2. The smallest absolute Gasteiger partial charge is 0.233 e. The van der Waals surface area contributed by atoms with Crippen molar-refractivity contribution < 1.29 is 9.63 Å². The van der Waals surface area contributed by atoms with Gasteiger partial charge < -0.3 is 0 Å². The van der Waals surface area contributed by atoms with Gasteiger partial charge in [-0.3, -0.25) is 9.63 Å². The molecule has 1 rings (SSSR count). The number of amides is 1. The van der Waals surface area contributed by atoms with E-state index in [1.807, 2.05) is 26.8 Å². The van der Waals surface area contributed by atoms with Crippen LogP contribution < -0.4 is 0 Å². The van der Waals surface area contributed by atoms with Gasteiger partial charge in [0.25, 0.3) is 0 Å². The van der Waals surface area contributed by atoms with E-state index in [-0.39, 0.29) is 6.54 Å². The number of thiazole rings is 1. The zero-order valence-electron chi connectivity index (χ0n) is 9.43. The van der Waals surface area contributed by atoms with Gasteiger partial charge in [-0.25, -0.2) is 10.0 Å². The van der Waals surface area contributed by atoms with E-state index < -0.39 is 5.60 Å². The van der Waals surface area contributed by atoms with Gasteiger partial charge in [0, 0.05) is 5.38 Å². The summed E-state index contributed by atoms with van der Waals surface area (Å²) in [5, 5.41) is 12.1. The van der Waals surface area contributed by atoms with Crippen molar-refractivity contribution in [2.45, 2.75) is 32.9 Å². The second-order valence-electron chi connectivity index (χ2n) is 4.12. The largest absolute Gasteiger partial charge is 0.276 e. The minimum atomic E-state index is -0.434. The first-order valence-electron chi connectivity index (χ1n) is 4.70. The SMILES string of the molecule is CC(C)(C)ON(C=O)Cc1nc(C#N)cs1. The monoisotopic (exact) mass is 239 g/mol. The average molecular weight is 239 g/mol. The van der Waals surface area contributed by atoms with Crippen LogP contribution in [0.2, 0.25) is 0 Å². The van der Waals surface area contributed by atoms with E-state index in [1.165, 1.54) is 16.4 Å². The molecule has 1 aromatic heterocycles. The van der Waals surface area contributed by atoms with E-state index >= 15 is 0 Å². The Bertz CT molecular complexity index is 403. The Morgan fingerprint density at radius 2 is 2.38 bits per heavy atom. The Hall–Kier alpha value is -1.45. The molecule has 0 unspecified atom stereocenters. The molecule has 0 fully saturated rings. The van der Waals surface area contributed by atoms with E-state index in [1.54, 1.807) is 5.38 Å². The first-order chi connectivity index (χ1) is 7.44. The van der Waals surface area contributed by atoms with Crippen LogP contribution in [0.1, 0.15) is 31.5 Å². The molecule has 86 valence electrons. The summed E-state index contributed by atoms with van der Waals surface area (Å²) in [5.41, 5.74) is -0.0717. The third kappa shape index (κ3) is 3.96. The molecular formula is C10H13N3O2S. The standard InChI is InChI=1S/C10H13N3O2S/c1-10(2,3)15-13(7-14)5-9-12-8(4-11)6-16-9/h6-7H,5H2,1-3H3. The van der Waals surface area contributed by atoms with E-state index in [0.717, 1.165) is 0 Å². The van der Waals surface area contributed by atoms with Gasteiger partial charge in [-0.15, -0.1) is 11.3 Å². The molecule has 0 N–H and O–H groups in total. The zero-order chi connectivity index (χ0) is 12.2. The number of hydrogen-bond acceptors (Lipinski definition) is 5. The van der Waals surface area contributed by atoms with Crippen LogP contribution in [0.5, 0.6) is 0 Å². The van der Waals surface area contributed by atoms with Crippen LogP contribution >= 0.6 is 11.3 Å². The third-order valence-electron chi connectivity index (χ3n) is 1.47. The Morgan fingerprint density at radius 1 is 1.69 bits per heavy atom. The molecule has 1 aromatic rings. The quantitative estimate of drug-likeness (QED) is 0.592. The maximum atomic E-state index is 10.8. The Labute approximate surface area is 98.2 Å². The molecule has 0 radical (unpaired) electrons. The van der Waals surface area contributed by atoms with Gasteiger partial charge in [-0.2, -0.15) is 5.26 Å². The fraction of sp³-hybridized carbons (Fsp3) is 0.500. The molecule has 0 atom stereocenters. The summed E-state index contributed by atoms with van der Waals surface area (Å²) in [7, 11) is 0. The fourth-order valence-electron chi connectivity index (χ4n) is 1.01. The predicted octanol–water partition coefficient (Wildman–Crippen LogP) is 1.70. The van der Waals surface area contributed by atoms with Crippen molar-refractivity contribution in [1.82, 2.24) is 10.0 Å². The Kier molecular flexibility index (Phi) is 3.99. The van der Waals surface area contributed by atoms with Crippen molar-refractivity contribution in [3.05, 3.63) is 16.1 Å². The minimum absolute atomic E-state index is 0.257. The number of hydrogen-bond donors (Lipinski definition) is 0. The van der Waals surface area contributed by atoms with Crippen LogP contribution in [0.3, 0.4) is 0 Å². The van der Waals surface area contributed by atoms with Gasteiger partial charge in [0.05, 0.1) is 5.60 Å². The molecular weight excluding hydrogens is 226 g/mol. The number of carbonyl (C=O) groups is 1. The van der Waals surface area contributed by atoms with Gasteiger partial charge in [-0.05, 0) is 20.8 Å². The molecule has 6 heteroatoms. The van der Waals surface area contributed by atoms with Gasteiger partial charge in [0.1, 0.15) is 17.6 Å². The molecule has 0 saturated carbocycles. The second kappa shape index (κ2) is 5.05. The van der Waals surface area contributed by atoms with Crippen LogP contribution in [0.4, 0.5) is 0 Å². The van der Waals surface area contributed by atoms with Crippen molar-refractivity contribution >= 4 is 17.7 Å². The van der Waals surface area contributed by atoms with E-state index in [2.05, 4.69) is 4.98 Å². The summed E-state index contributed by atoms with van der Waals surface area (Å²) in [6.07, 6.45) is 0.610. The molecule has 0 aliphatic heterocycles. The number of nitriles is 1. The first kappa shape index (κ1) is 12.6. The number of carbonyl (C=O) groups excluding carboxylic acids is 1. The predicted molar refractivity (Wildman–Crippen MR) is 59.3 cm³/mol. The molecule has 0 saturated heterocycles. The molecule has 5 nitrogen and oxygen atoms in total. The molecule has 16 heavy (non-hydrogen) atoms. The maximum absolute atomic E-state index is 10.8. The lowest BCUT2D eigenvalue weighted by Crippen LogP contribution is -2.32. The van der Waals surface area contributed by atoms with Gasteiger partial charge in [0.2, 0.25) is 6.41 Å². The molecule has 0 spiro atoms. The second-order valence-corrected chi connectivity index (χ2v) is 5.07. The van der Waals surface area contributed by atoms with Crippen LogP contribution in [0, 0.1) is 11.3 Å². The summed E-state index contributed by atoms with van der Waals surface area (Å²) >= 11 is 1.33. The van der Waals surface area contributed by atoms with Crippen molar-refractivity contribution in [3.8, 4) is 6.07 Å². The maximum Gasteiger partial charge on any atom is 0.233 e.